The number of aromatic nitrogens is 1. The average molecular weight is 277 g/mol. The van der Waals surface area contributed by atoms with E-state index in [1.165, 1.54) is 12.3 Å². The second kappa shape index (κ2) is 6.79. The van der Waals surface area contributed by atoms with E-state index in [1.807, 2.05) is 6.92 Å². The highest BCUT2D eigenvalue weighted by molar-refractivity contribution is 6.35. The first-order chi connectivity index (χ1) is 8.10. The quantitative estimate of drug-likeness (QED) is 0.840. The Morgan fingerprint density at radius 3 is 2.82 bits per heavy atom. The van der Waals surface area contributed by atoms with Gasteiger partial charge in [-0.1, -0.05) is 23.2 Å². The molecule has 0 aromatic carbocycles. The number of pyridine rings is 1. The lowest BCUT2D eigenvalue weighted by Crippen LogP contribution is -2.32. The molecule has 0 bridgehead atoms. The van der Waals surface area contributed by atoms with Crippen LogP contribution in [-0.4, -0.2) is 40.6 Å². The number of carbonyl (C=O) groups excluding carboxylic acids is 1. The maximum atomic E-state index is 12.1. The largest absolute Gasteiger partial charge is 0.396 e. The minimum atomic E-state index is -0.199. The van der Waals surface area contributed by atoms with E-state index in [-0.39, 0.29) is 22.7 Å². The van der Waals surface area contributed by atoms with Crippen molar-refractivity contribution in [1.29, 1.82) is 0 Å². The molecule has 0 saturated heterocycles. The summed E-state index contributed by atoms with van der Waals surface area (Å²) in [5.74, 6) is -0.199. The minimum absolute atomic E-state index is 0.0502. The molecule has 4 nitrogen and oxygen atoms in total. The van der Waals surface area contributed by atoms with Gasteiger partial charge in [-0.25, -0.2) is 4.98 Å². The fraction of sp³-hybridized carbons (Fsp3) is 0.455. The van der Waals surface area contributed by atoms with Gasteiger partial charge in [-0.2, -0.15) is 0 Å². The topological polar surface area (TPSA) is 53.4 Å². The zero-order chi connectivity index (χ0) is 12.8. The maximum Gasteiger partial charge on any atom is 0.255 e. The summed E-state index contributed by atoms with van der Waals surface area (Å²) in [5, 5.41) is 9.28. The predicted octanol–water partition coefficient (Wildman–Crippen LogP) is 2.23. The van der Waals surface area contributed by atoms with Crippen LogP contribution in [0.25, 0.3) is 0 Å². The molecule has 1 aromatic rings. The molecule has 1 N–H and O–H groups in total. The van der Waals surface area contributed by atoms with E-state index in [0.717, 1.165) is 0 Å². The average Bonchev–Trinajstić information content (AvgIpc) is 2.33. The first-order valence-corrected chi connectivity index (χ1v) is 6.07. The van der Waals surface area contributed by atoms with E-state index in [4.69, 9.17) is 28.3 Å². The molecule has 1 aromatic heterocycles. The van der Waals surface area contributed by atoms with E-state index in [1.54, 1.807) is 4.90 Å². The third-order valence-electron chi connectivity index (χ3n) is 2.31. The van der Waals surface area contributed by atoms with Crippen LogP contribution in [0.3, 0.4) is 0 Å². The molecule has 94 valence electrons. The normalized spacial score (nSPS) is 10.4. The molecular weight excluding hydrogens is 263 g/mol. The van der Waals surface area contributed by atoms with Crippen LogP contribution in [0.2, 0.25) is 10.2 Å². The smallest absolute Gasteiger partial charge is 0.255 e. The van der Waals surface area contributed by atoms with Gasteiger partial charge < -0.3 is 10.0 Å². The lowest BCUT2D eigenvalue weighted by molar-refractivity contribution is 0.0754. The first-order valence-electron chi connectivity index (χ1n) is 5.31. The van der Waals surface area contributed by atoms with Crippen LogP contribution in [0.15, 0.2) is 12.3 Å². The van der Waals surface area contributed by atoms with Gasteiger partial charge >= 0.3 is 0 Å². The van der Waals surface area contributed by atoms with Crippen molar-refractivity contribution in [2.24, 2.45) is 0 Å². The Balaban J connectivity index is 2.89. The molecule has 0 atom stereocenters. The van der Waals surface area contributed by atoms with Crippen molar-refractivity contribution in [3.05, 3.63) is 28.0 Å². The van der Waals surface area contributed by atoms with E-state index in [0.29, 0.717) is 25.1 Å². The number of amides is 1. The third-order valence-corrected chi connectivity index (χ3v) is 2.82. The summed E-state index contributed by atoms with van der Waals surface area (Å²) in [6.07, 6.45) is 1.90. The van der Waals surface area contributed by atoms with Crippen molar-refractivity contribution in [2.75, 3.05) is 19.7 Å². The van der Waals surface area contributed by atoms with Gasteiger partial charge in [0, 0.05) is 25.9 Å². The monoisotopic (exact) mass is 276 g/mol. The SMILES string of the molecule is CCN(CCCO)C(=O)c1cc(Cl)ncc1Cl. The van der Waals surface area contributed by atoms with Crippen LogP contribution in [-0.2, 0) is 0 Å². The van der Waals surface area contributed by atoms with Gasteiger partial charge in [0.05, 0.1) is 10.6 Å². The molecule has 1 heterocycles. The molecule has 1 amide bonds. The molecular formula is C11H14Cl2N2O2. The Bertz CT molecular complexity index is 399. The Morgan fingerprint density at radius 1 is 1.53 bits per heavy atom. The van der Waals surface area contributed by atoms with Gasteiger partial charge in [0.25, 0.3) is 5.91 Å². The molecule has 0 unspecified atom stereocenters. The summed E-state index contributed by atoms with van der Waals surface area (Å²) < 4.78 is 0. The van der Waals surface area contributed by atoms with Crippen LogP contribution in [0.4, 0.5) is 0 Å². The third kappa shape index (κ3) is 3.84. The summed E-state index contributed by atoms with van der Waals surface area (Å²) in [7, 11) is 0. The van der Waals surface area contributed by atoms with Gasteiger partial charge in [-0.05, 0) is 19.4 Å². The summed E-state index contributed by atoms with van der Waals surface area (Å²) in [6, 6.07) is 1.45. The van der Waals surface area contributed by atoms with E-state index >= 15 is 0 Å². The zero-order valence-corrected chi connectivity index (χ0v) is 11.0. The van der Waals surface area contributed by atoms with Crippen molar-refractivity contribution in [3.8, 4) is 0 Å². The number of hydrogen-bond donors (Lipinski definition) is 1. The second-order valence-corrected chi connectivity index (χ2v) is 4.24. The Hall–Kier alpha value is -0.840. The van der Waals surface area contributed by atoms with Crippen molar-refractivity contribution in [3.63, 3.8) is 0 Å². The number of aliphatic hydroxyl groups excluding tert-OH is 1. The van der Waals surface area contributed by atoms with Gasteiger partial charge in [-0.3, -0.25) is 4.79 Å². The highest BCUT2D eigenvalue weighted by Gasteiger charge is 2.17. The fourth-order valence-electron chi connectivity index (χ4n) is 1.41. The molecule has 0 aliphatic heterocycles. The van der Waals surface area contributed by atoms with Crippen LogP contribution in [0.1, 0.15) is 23.7 Å². The Labute approximate surface area is 110 Å². The van der Waals surface area contributed by atoms with Crippen molar-refractivity contribution in [2.45, 2.75) is 13.3 Å². The molecule has 0 radical (unpaired) electrons. The fourth-order valence-corrected chi connectivity index (χ4v) is 1.75. The number of carbonyl (C=O) groups is 1. The van der Waals surface area contributed by atoms with Crippen molar-refractivity contribution in [1.82, 2.24) is 9.88 Å². The maximum absolute atomic E-state index is 12.1. The number of nitrogens with zero attached hydrogens (tertiary/aromatic N) is 2. The predicted molar refractivity (Wildman–Crippen MR) is 67.5 cm³/mol. The number of rotatable bonds is 5. The van der Waals surface area contributed by atoms with Gasteiger partial charge in [0.15, 0.2) is 0 Å². The summed E-state index contributed by atoms with van der Waals surface area (Å²) in [6.45, 7) is 2.96. The molecule has 0 spiro atoms. The highest BCUT2D eigenvalue weighted by Crippen LogP contribution is 2.19. The lowest BCUT2D eigenvalue weighted by atomic mass is 10.2. The summed E-state index contributed by atoms with van der Waals surface area (Å²) >= 11 is 11.6. The highest BCUT2D eigenvalue weighted by atomic mass is 35.5. The summed E-state index contributed by atoms with van der Waals surface area (Å²) in [5.41, 5.74) is 0.339. The second-order valence-electron chi connectivity index (χ2n) is 3.45. The van der Waals surface area contributed by atoms with Crippen LogP contribution in [0, 0.1) is 0 Å². The Kier molecular flexibility index (Phi) is 5.68. The molecule has 0 aliphatic rings. The van der Waals surface area contributed by atoms with Gasteiger partial charge in [-0.15, -0.1) is 0 Å². The van der Waals surface area contributed by atoms with Crippen molar-refractivity contribution < 1.29 is 9.90 Å². The van der Waals surface area contributed by atoms with E-state index < -0.39 is 0 Å². The lowest BCUT2D eigenvalue weighted by Gasteiger charge is -2.20. The Morgan fingerprint density at radius 2 is 2.24 bits per heavy atom. The molecule has 0 saturated carbocycles. The first kappa shape index (κ1) is 14.2. The van der Waals surface area contributed by atoms with Crippen LogP contribution < -0.4 is 0 Å². The zero-order valence-electron chi connectivity index (χ0n) is 9.49. The molecule has 17 heavy (non-hydrogen) atoms. The van der Waals surface area contributed by atoms with Crippen molar-refractivity contribution >= 4 is 29.1 Å². The van der Waals surface area contributed by atoms with E-state index in [2.05, 4.69) is 4.98 Å². The molecule has 1 rings (SSSR count). The standard InChI is InChI=1S/C11H14Cl2N2O2/c1-2-15(4-3-5-16)11(17)8-6-10(13)14-7-9(8)12/h6-7,16H,2-5H2,1H3. The number of halogens is 2. The molecule has 0 fully saturated rings. The number of aliphatic hydroxyl groups is 1. The minimum Gasteiger partial charge on any atom is -0.396 e. The van der Waals surface area contributed by atoms with E-state index in [9.17, 15) is 4.79 Å². The number of hydrogen-bond acceptors (Lipinski definition) is 3. The van der Waals surface area contributed by atoms with Crippen LogP contribution in [0.5, 0.6) is 0 Å². The molecule has 6 heteroatoms. The van der Waals surface area contributed by atoms with Gasteiger partial charge in [0.1, 0.15) is 5.15 Å². The molecule has 0 aliphatic carbocycles. The van der Waals surface area contributed by atoms with Crippen LogP contribution >= 0.6 is 23.2 Å². The van der Waals surface area contributed by atoms with Gasteiger partial charge in [0.2, 0.25) is 0 Å². The summed E-state index contributed by atoms with van der Waals surface area (Å²) in [4.78, 5) is 17.5.